The molecule has 2 aromatic rings. The van der Waals surface area contributed by atoms with E-state index in [1.54, 1.807) is 18.3 Å². The van der Waals surface area contributed by atoms with Crippen LogP contribution in [0.5, 0.6) is 5.75 Å². The fraction of sp³-hybridized carbons (Fsp3) is 0.438. The normalized spacial score (nSPS) is 28.9. The average Bonchev–Trinajstić information content (AvgIpc) is 2.96. The van der Waals surface area contributed by atoms with Crippen LogP contribution in [-0.4, -0.2) is 63.5 Å². The third-order valence-corrected chi connectivity index (χ3v) is 5.38. The highest BCUT2D eigenvalue weighted by Gasteiger charge is 2.46. The lowest BCUT2D eigenvalue weighted by atomic mass is 9.97. The van der Waals surface area contributed by atoms with Crippen LogP contribution in [0.3, 0.4) is 0 Å². The van der Waals surface area contributed by atoms with E-state index in [4.69, 9.17) is 21.1 Å². The molecule has 3 rings (SSSR count). The summed E-state index contributed by atoms with van der Waals surface area (Å²) in [6.45, 7) is 0.763. The lowest BCUT2D eigenvalue weighted by Crippen LogP contribution is -2.65. The summed E-state index contributed by atoms with van der Waals surface area (Å²) in [4.78, 5) is 14.5. The van der Waals surface area contributed by atoms with E-state index in [0.717, 1.165) is 5.52 Å². The molecule has 0 radical (unpaired) electrons. The van der Waals surface area contributed by atoms with E-state index in [-0.39, 0.29) is 0 Å². The van der Waals surface area contributed by atoms with E-state index in [1.807, 2.05) is 0 Å². The van der Waals surface area contributed by atoms with Crippen molar-refractivity contribution in [1.82, 2.24) is 10.3 Å². The summed E-state index contributed by atoms with van der Waals surface area (Å²) in [6.07, 6.45) is -3.32. The summed E-state index contributed by atoms with van der Waals surface area (Å²) in [5, 5.41) is 33.5. The highest BCUT2D eigenvalue weighted by Crippen LogP contribution is 2.34. The van der Waals surface area contributed by atoms with Gasteiger partial charge in [-0.15, -0.1) is 0 Å². The second-order valence-electron chi connectivity index (χ2n) is 6.02. The Morgan fingerprint density at radius 1 is 1.42 bits per heavy atom. The van der Waals surface area contributed by atoms with Crippen molar-refractivity contribution in [2.75, 3.05) is 6.61 Å². The Bertz CT molecular complexity index is 815. The molecule has 5 atom stereocenters. The maximum absolute atomic E-state index is 11.5. The number of aromatic nitrogens is 1. The zero-order valence-electron chi connectivity index (χ0n) is 13.6. The molecule has 0 bridgehead atoms. The van der Waals surface area contributed by atoms with Crippen LogP contribution in [0, 0.1) is 0 Å². The first kappa shape index (κ1) is 19.4. The van der Waals surface area contributed by atoms with Crippen LogP contribution in [0.4, 0.5) is 0 Å². The van der Waals surface area contributed by atoms with Gasteiger partial charge in [0.2, 0.25) is 12.2 Å². The third-order valence-electron chi connectivity index (χ3n) is 4.18. The van der Waals surface area contributed by atoms with Crippen LogP contribution >= 0.6 is 27.5 Å². The molecule has 8 nitrogen and oxygen atoms in total. The minimum absolute atomic E-state index is 0.401. The number of aliphatic hydroxyl groups is 3. The van der Waals surface area contributed by atoms with E-state index in [1.165, 1.54) is 6.92 Å². The van der Waals surface area contributed by atoms with Crippen molar-refractivity contribution in [3.05, 3.63) is 27.8 Å². The van der Waals surface area contributed by atoms with Crippen LogP contribution in [0.2, 0.25) is 5.02 Å². The molecule has 0 saturated carbocycles. The zero-order chi connectivity index (χ0) is 19.0. The van der Waals surface area contributed by atoms with Crippen LogP contribution in [0.15, 0.2) is 22.8 Å². The summed E-state index contributed by atoms with van der Waals surface area (Å²) in [5.74, 6) is -0.0210. The number of benzene rings is 1. The number of amides is 1. The van der Waals surface area contributed by atoms with Crippen molar-refractivity contribution in [2.24, 2.45) is 0 Å². The number of fused-ring (bicyclic) bond motifs is 1. The second-order valence-corrected chi connectivity index (χ2v) is 7.28. The molecule has 5 N–H and O–H groups in total. The second kappa shape index (κ2) is 7.71. The molecule has 10 heteroatoms. The van der Waals surface area contributed by atoms with Crippen molar-refractivity contribution < 1.29 is 29.6 Å². The average molecular weight is 450 g/mol. The minimum Gasteiger partial charge on any atom is -0.460 e. The quantitative estimate of drug-likeness (QED) is 0.473. The molecular weight excluding hydrogens is 432 g/mol. The SMILES string of the molecule is CC(=O)NC1C(Oc2c[nH]c3cc(Cl)c(Br)cc23)OC(CO)C(O)C1O. The summed E-state index contributed by atoms with van der Waals surface area (Å²) < 4.78 is 12.1. The van der Waals surface area contributed by atoms with Crippen molar-refractivity contribution in [1.29, 1.82) is 0 Å². The molecule has 1 amide bonds. The molecule has 26 heavy (non-hydrogen) atoms. The van der Waals surface area contributed by atoms with Gasteiger partial charge in [0.05, 0.1) is 17.1 Å². The number of rotatable bonds is 4. The maximum Gasteiger partial charge on any atom is 0.223 e. The fourth-order valence-electron chi connectivity index (χ4n) is 2.88. The molecule has 5 unspecified atom stereocenters. The molecule has 0 spiro atoms. The number of hydrogen-bond acceptors (Lipinski definition) is 6. The summed E-state index contributed by atoms with van der Waals surface area (Å²) in [5.41, 5.74) is 0.722. The summed E-state index contributed by atoms with van der Waals surface area (Å²) in [6, 6.07) is 2.45. The van der Waals surface area contributed by atoms with Gasteiger partial charge < -0.3 is 35.1 Å². The van der Waals surface area contributed by atoms with Gasteiger partial charge in [-0.05, 0) is 28.1 Å². The van der Waals surface area contributed by atoms with E-state index in [9.17, 15) is 20.1 Å². The standard InChI is InChI=1S/C16H18BrClN2O6/c1-6(22)20-13-15(24)14(23)12(5-21)26-16(13)25-11-4-19-10-3-9(18)8(17)2-7(10)11/h2-4,12-16,19,21,23-24H,5H2,1H3,(H,20,22). The zero-order valence-corrected chi connectivity index (χ0v) is 16.0. The fourth-order valence-corrected chi connectivity index (χ4v) is 3.39. The number of aromatic amines is 1. The van der Waals surface area contributed by atoms with Crippen molar-refractivity contribution in [3.63, 3.8) is 0 Å². The van der Waals surface area contributed by atoms with Crippen molar-refractivity contribution in [3.8, 4) is 5.75 Å². The summed E-state index contributed by atoms with van der Waals surface area (Å²) >= 11 is 9.42. The maximum atomic E-state index is 11.5. The topological polar surface area (TPSA) is 124 Å². The smallest absolute Gasteiger partial charge is 0.223 e. The molecular formula is C16H18BrClN2O6. The Morgan fingerprint density at radius 2 is 2.15 bits per heavy atom. The van der Waals surface area contributed by atoms with Crippen LogP contribution in [0.1, 0.15) is 6.92 Å². The monoisotopic (exact) mass is 448 g/mol. The van der Waals surface area contributed by atoms with E-state index >= 15 is 0 Å². The largest absolute Gasteiger partial charge is 0.460 e. The number of ether oxygens (including phenoxy) is 2. The minimum atomic E-state index is -1.37. The van der Waals surface area contributed by atoms with Crippen LogP contribution in [0.25, 0.3) is 10.9 Å². The van der Waals surface area contributed by atoms with Crippen molar-refractivity contribution >= 4 is 44.3 Å². The molecule has 142 valence electrons. The predicted molar refractivity (Wildman–Crippen MR) is 97.0 cm³/mol. The number of nitrogens with one attached hydrogen (secondary N) is 2. The Balaban J connectivity index is 1.92. The molecule has 1 aliphatic rings. The lowest BCUT2D eigenvalue weighted by molar-refractivity contribution is -0.244. The van der Waals surface area contributed by atoms with Crippen LogP contribution < -0.4 is 10.1 Å². The van der Waals surface area contributed by atoms with E-state index in [0.29, 0.717) is 20.6 Å². The van der Waals surface area contributed by atoms with Gasteiger partial charge >= 0.3 is 0 Å². The number of hydrogen-bond donors (Lipinski definition) is 5. The third kappa shape index (κ3) is 3.68. The molecule has 0 aliphatic carbocycles. The van der Waals surface area contributed by atoms with Gasteiger partial charge in [0.1, 0.15) is 30.1 Å². The Kier molecular flexibility index (Phi) is 5.75. The van der Waals surface area contributed by atoms with Crippen molar-refractivity contribution in [2.45, 2.75) is 37.6 Å². The number of halogens is 2. The van der Waals surface area contributed by atoms with Gasteiger partial charge in [-0.25, -0.2) is 0 Å². The van der Waals surface area contributed by atoms with E-state index < -0.39 is 43.2 Å². The first-order chi connectivity index (χ1) is 12.3. The first-order valence-electron chi connectivity index (χ1n) is 7.84. The highest BCUT2D eigenvalue weighted by atomic mass is 79.9. The van der Waals surface area contributed by atoms with Gasteiger partial charge in [0.15, 0.2) is 0 Å². The summed E-state index contributed by atoms with van der Waals surface area (Å²) in [7, 11) is 0. The first-order valence-corrected chi connectivity index (χ1v) is 9.01. The Morgan fingerprint density at radius 3 is 2.81 bits per heavy atom. The van der Waals surface area contributed by atoms with E-state index in [2.05, 4.69) is 26.2 Å². The predicted octanol–water partition coefficient (Wildman–Crippen LogP) is 0.906. The van der Waals surface area contributed by atoms with Gasteiger partial charge in [0, 0.05) is 23.0 Å². The molecule has 1 aromatic heterocycles. The Hall–Kier alpha value is -1.36. The number of carbonyl (C=O) groups excluding carboxylic acids is 1. The highest BCUT2D eigenvalue weighted by molar-refractivity contribution is 9.10. The van der Waals surface area contributed by atoms with Gasteiger partial charge in [0.25, 0.3) is 0 Å². The van der Waals surface area contributed by atoms with Crippen LogP contribution in [-0.2, 0) is 9.53 Å². The molecule has 1 aliphatic heterocycles. The number of carbonyl (C=O) groups is 1. The lowest BCUT2D eigenvalue weighted by Gasteiger charge is -2.41. The van der Waals surface area contributed by atoms with Gasteiger partial charge in [-0.2, -0.15) is 0 Å². The Labute approximate surface area is 162 Å². The van der Waals surface area contributed by atoms with Gasteiger partial charge in [-0.1, -0.05) is 11.6 Å². The molecule has 1 aromatic carbocycles. The molecule has 2 heterocycles. The number of aliphatic hydroxyl groups excluding tert-OH is 3. The number of H-pyrrole nitrogens is 1. The molecule has 1 fully saturated rings. The van der Waals surface area contributed by atoms with Gasteiger partial charge in [-0.3, -0.25) is 4.79 Å². The molecule has 1 saturated heterocycles.